The number of carbonyl (C=O) groups excluding carboxylic acids is 1. The van der Waals surface area contributed by atoms with Crippen molar-refractivity contribution in [2.75, 3.05) is 7.11 Å². The highest BCUT2D eigenvalue weighted by molar-refractivity contribution is 5.93. The zero-order valence-electron chi connectivity index (χ0n) is 7.20. The Kier molecular flexibility index (Phi) is 2.94. The largest absolute Gasteiger partial charge is 0.378 e. The molecule has 0 bridgehead atoms. The van der Waals surface area contributed by atoms with Gasteiger partial charge in [0.2, 0.25) is 0 Å². The second kappa shape index (κ2) is 3.97. The van der Waals surface area contributed by atoms with Crippen LogP contribution in [0.25, 0.3) is 0 Å². The molecule has 0 radical (unpaired) electrons. The Labute approximate surface area is 71.4 Å². The predicted octanol–water partition coefficient (Wildman–Crippen LogP) is 1.43. The van der Waals surface area contributed by atoms with Crippen LogP contribution in [0.2, 0.25) is 0 Å². The average molecular weight is 165 g/mol. The molecule has 0 aliphatic rings. The van der Waals surface area contributed by atoms with Gasteiger partial charge in [0.05, 0.1) is 12.3 Å². The van der Waals surface area contributed by atoms with Gasteiger partial charge in [0.1, 0.15) is 0 Å². The number of carbonyl (C=O) groups is 1. The highest BCUT2D eigenvalue weighted by Gasteiger charge is 1.98. The van der Waals surface area contributed by atoms with E-state index in [4.69, 9.17) is 4.74 Å². The van der Waals surface area contributed by atoms with E-state index in [1.165, 1.54) is 6.92 Å². The van der Waals surface area contributed by atoms with E-state index >= 15 is 0 Å². The molecular weight excluding hydrogens is 154 g/mol. The first-order chi connectivity index (χ1) is 5.74. The first-order valence-electron chi connectivity index (χ1n) is 3.69. The minimum atomic E-state index is 0.0338. The number of aromatic nitrogens is 1. The fourth-order valence-electron chi connectivity index (χ4n) is 0.866. The Hall–Kier alpha value is -1.22. The second-order valence-corrected chi connectivity index (χ2v) is 2.53. The third-order valence-corrected chi connectivity index (χ3v) is 1.52. The van der Waals surface area contributed by atoms with E-state index in [0.29, 0.717) is 12.2 Å². The molecule has 3 nitrogen and oxygen atoms in total. The fourth-order valence-corrected chi connectivity index (χ4v) is 0.866. The number of hydrogen-bond donors (Lipinski definition) is 0. The highest BCUT2D eigenvalue weighted by Crippen LogP contribution is 2.01. The number of methoxy groups -OCH3 is 1. The monoisotopic (exact) mass is 165 g/mol. The van der Waals surface area contributed by atoms with E-state index in [2.05, 4.69) is 4.98 Å². The van der Waals surface area contributed by atoms with Crippen LogP contribution in [0, 0.1) is 0 Å². The molecule has 0 aliphatic heterocycles. The van der Waals surface area contributed by atoms with Crippen molar-refractivity contribution in [1.29, 1.82) is 0 Å². The van der Waals surface area contributed by atoms with Crippen molar-refractivity contribution in [1.82, 2.24) is 4.98 Å². The molecule has 64 valence electrons. The third kappa shape index (κ3) is 2.13. The van der Waals surface area contributed by atoms with Crippen LogP contribution in [0.5, 0.6) is 0 Å². The molecule has 1 heterocycles. The van der Waals surface area contributed by atoms with Crippen molar-refractivity contribution in [3.05, 3.63) is 29.6 Å². The van der Waals surface area contributed by atoms with Gasteiger partial charge in [0, 0.05) is 18.9 Å². The van der Waals surface area contributed by atoms with Crippen LogP contribution in [-0.2, 0) is 11.3 Å². The molecule has 12 heavy (non-hydrogen) atoms. The number of hydrogen-bond acceptors (Lipinski definition) is 3. The number of pyridine rings is 1. The van der Waals surface area contributed by atoms with Gasteiger partial charge in [-0.05, 0) is 19.1 Å². The summed E-state index contributed by atoms with van der Waals surface area (Å²) in [6.45, 7) is 2.01. The number of nitrogens with zero attached hydrogens (tertiary/aromatic N) is 1. The van der Waals surface area contributed by atoms with Crippen molar-refractivity contribution in [2.24, 2.45) is 0 Å². The van der Waals surface area contributed by atoms with Crippen LogP contribution in [0.3, 0.4) is 0 Å². The predicted molar refractivity (Wildman–Crippen MR) is 45.0 cm³/mol. The fraction of sp³-hybridized carbons (Fsp3) is 0.333. The molecule has 0 atom stereocenters. The molecule has 0 unspecified atom stereocenters. The molecule has 0 aromatic carbocycles. The lowest BCUT2D eigenvalue weighted by Gasteiger charge is -1.98. The summed E-state index contributed by atoms with van der Waals surface area (Å²) in [4.78, 5) is 14.9. The van der Waals surface area contributed by atoms with Crippen molar-refractivity contribution >= 4 is 5.78 Å². The van der Waals surface area contributed by atoms with E-state index in [1.807, 2.05) is 0 Å². The summed E-state index contributed by atoms with van der Waals surface area (Å²) in [7, 11) is 1.61. The quantitative estimate of drug-likeness (QED) is 0.636. The summed E-state index contributed by atoms with van der Waals surface area (Å²) in [5.41, 5.74) is 1.47. The van der Waals surface area contributed by atoms with Gasteiger partial charge in [-0.2, -0.15) is 0 Å². The van der Waals surface area contributed by atoms with Gasteiger partial charge in [0.25, 0.3) is 0 Å². The van der Waals surface area contributed by atoms with Crippen molar-refractivity contribution in [3.8, 4) is 0 Å². The first kappa shape index (κ1) is 8.87. The van der Waals surface area contributed by atoms with Crippen LogP contribution in [-0.4, -0.2) is 17.9 Å². The molecule has 0 saturated heterocycles. The Balaban J connectivity index is 2.78. The van der Waals surface area contributed by atoms with E-state index in [1.54, 1.807) is 25.4 Å². The average Bonchev–Trinajstić information content (AvgIpc) is 2.06. The summed E-state index contributed by atoms with van der Waals surface area (Å²) < 4.78 is 4.88. The lowest BCUT2D eigenvalue weighted by molar-refractivity contribution is 0.101. The van der Waals surface area contributed by atoms with Crippen LogP contribution in [0.1, 0.15) is 23.0 Å². The van der Waals surface area contributed by atoms with Gasteiger partial charge in [-0.1, -0.05) is 0 Å². The zero-order chi connectivity index (χ0) is 8.97. The van der Waals surface area contributed by atoms with Gasteiger partial charge >= 0.3 is 0 Å². The standard InChI is InChI=1S/C9H11NO2/c1-7(11)8-3-4-9(6-12-2)10-5-8/h3-5H,6H2,1-2H3. The van der Waals surface area contributed by atoms with Gasteiger partial charge in [0.15, 0.2) is 5.78 Å². The molecule has 3 heteroatoms. The molecule has 0 fully saturated rings. The third-order valence-electron chi connectivity index (χ3n) is 1.52. The molecule has 0 amide bonds. The minimum absolute atomic E-state index is 0.0338. The molecular formula is C9H11NO2. The van der Waals surface area contributed by atoms with Crippen molar-refractivity contribution < 1.29 is 9.53 Å². The van der Waals surface area contributed by atoms with E-state index < -0.39 is 0 Å². The number of ketones is 1. The summed E-state index contributed by atoms with van der Waals surface area (Å²) in [6.07, 6.45) is 1.57. The van der Waals surface area contributed by atoms with Gasteiger partial charge in [-0.3, -0.25) is 9.78 Å². The van der Waals surface area contributed by atoms with E-state index in [9.17, 15) is 4.79 Å². The van der Waals surface area contributed by atoms with Crippen LogP contribution in [0.15, 0.2) is 18.3 Å². The van der Waals surface area contributed by atoms with Crippen molar-refractivity contribution in [3.63, 3.8) is 0 Å². The zero-order valence-corrected chi connectivity index (χ0v) is 7.20. The van der Waals surface area contributed by atoms with Gasteiger partial charge < -0.3 is 4.74 Å². The Morgan fingerprint density at radius 1 is 1.58 bits per heavy atom. The maximum absolute atomic E-state index is 10.8. The normalized spacial score (nSPS) is 9.83. The Morgan fingerprint density at radius 2 is 2.33 bits per heavy atom. The summed E-state index contributed by atoms with van der Waals surface area (Å²) in [5, 5.41) is 0. The topological polar surface area (TPSA) is 39.2 Å². The SMILES string of the molecule is COCc1ccc(C(C)=O)cn1. The number of ether oxygens (including phenoxy) is 1. The summed E-state index contributed by atoms with van der Waals surface area (Å²) in [5.74, 6) is 0.0338. The van der Waals surface area contributed by atoms with Crippen LogP contribution >= 0.6 is 0 Å². The minimum Gasteiger partial charge on any atom is -0.378 e. The van der Waals surface area contributed by atoms with Gasteiger partial charge in [-0.25, -0.2) is 0 Å². The molecule has 0 spiro atoms. The smallest absolute Gasteiger partial charge is 0.161 e. The lowest BCUT2D eigenvalue weighted by atomic mass is 10.2. The number of rotatable bonds is 3. The van der Waals surface area contributed by atoms with Crippen LogP contribution < -0.4 is 0 Å². The second-order valence-electron chi connectivity index (χ2n) is 2.53. The highest BCUT2D eigenvalue weighted by atomic mass is 16.5. The molecule has 1 aromatic rings. The first-order valence-corrected chi connectivity index (χ1v) is 3.69. The maximum Gasteiger partial charge on any atom is 0.161 e. The maximum atomic E-state index is 10.8. The lowest BCUT2D eigenvalue weighted by Crippen LogP contribution is -1.96. The Morgan fingerprint density at radius 3 is 2.75 bits per heavy atom. The van der Waals surface area contributed by atoms with Gasteiger partial charge in [-0.15, -0.1) is 0 Å². The summed E-state index contributed by atoms with van der Waals surface area (Å²) >= 11 is 0. The number of Topliss-reactive ketones (excluding diaryl/α,β-unsaturated/α-hetero) is 1. The molecule has 1 aromatic heterocycles. The van der Waals surface area contributed by atoms with Crippen LogP contribution in [0.4, 0.5) is 0 Å². The summed E-state index contributed by atoms with van der Waals surface area (Å²) in [6, 6.07) is 3.55. The molecule has 1 rings (SSSR count). The Bertz CT molecular complexity index is 266. The molecule has 0 N–H and O–H groups in total. The van der Waals surface area contributed by atoms with Crippen molar-refractivity contribution in [2.45, 2.75) is 13.5 Å². The molecule has 0 aliphatic carbocycles. The van der Waals surface area contributed by atoms with E-state index in [-0.39, 0.29) is 5.78 Å². The van der Waals surface area contributed by atoms with E-state index in [0.717, 1.165) is 5.69 Å². The molecule has 0 saturated carbocycles.